The molecule has 24 heavy (non-hydrogen) atoms. The highest BCUT2D eigenvalue weighted by atomic mass is 19.4. The van der Waals surface area contributed by atoms with Crippen molar-refractivity contribution in [3.05, 3.63) is 72.2 Å². The Balaban J connectivity index is 1.73. The van der Waals surface area contributed by atoms with E-state index in [9.17, 15) is 13.2 Å². The van der Waals surface area contributed by atoms with Gasteiger partial charge < -0.3 is 9.72 Å². The maximum Gasteiger partial charge on any atom is 0.416 e. The number of aromatic nitrogens is 2. The molecule has 1 aromatic heterocycles. The van der Waals surface area contributed by atoms with E-state index in [1.165, 1.54) is 12.1 Å². The van der Waals surface area contributed by atoms with Crippen molar-refractivity contribution in [2.45, 2.75) is 12.6 Å². The lowest BCUT2D eigenvalue weighted by molar-refractivity contribution is -0.138. The van der Waals surface area contributed by atoms with E-state index in [1.807, 2.05) is 18.2 Å². The van der Waals surface area contributed by atoms with E-state index in [4.69, 9.17) is 4.74 Å². The Morgan fingerprint density at radius 2 is 1.75 bits per heavy atom. The van der Waals surface area contributed by atoms with Crippen molar-refractivity contribution in [3.63, 3.8) is 0 Å². The molecule has 0 aliphatic carbocycles. The van der Waals surface area contributed by atoms with Crippen LogP contribution in [0, 0.1) is 0 Å². The summed E-state index contributed by atoms with van der Waals surface area (Å²) in [6.07, 6.45) is -0.954. The van der Waals surface area contributed by atoms with Gasteiger partial charge in [0.25, 0.3) is 0 Å². The lowest BCUT2D eigenvalue weighted by atomic mass is 10.0. The molecule has 0 saturated carbocycles. The van der Waals surface area contributed by atoms with Gasteiger partial charge in [-0.3, -0.25) is 0 Å². The Bertz CT molecular complexity index is 798. The molecule has 0 aliphatic heterocycles. The van der Waals surface area contributed by atoms with Gasteiger partial charge in [-0.05, 0) is 23.8 Å². The summed E-state index contributed by atoms with van der Waals surface area (Å²) < 4.78 is 44.7. The zero-order chi connectivity index (χ0) is 17.0. The highest BCUT2D eigenvalue weighted by molar-refractivity contribution is 5.66. The van der Waals surface area contributed by atoms with Gasteiger partial charge in [0.15, 0.2) is 0 Å². The highest BCUT2D eigenvalue weighted by Gasteiger charge is 2.32. The molecule has 3 aromatic rings. The molecular weight excluding hydrogens is 317 g/mol. The van der Waals surface area contributed by atoms with E-state index in [0.29, 0.717) is 5.75 Å². The van der Waals surface area contributed by atoms with Crippen molar-refractivity contribution in [1.29, 1.82) is 0 Å². The van der Waals surface area contributed by atoms with Crippen LogP contribution in [-0.2, 0) is 12.6 Å². The molecule has 0 radical (unpaired) electrons. The summed E-state index contributed by atoms with van der Waals surface area (Å²) >= 11 is 0. The van der Waals surface area contributed by atoms with Gasteiger partial charge in [0, 0.05) is 12.0 Å². The molecular formula is C18H15F3N2O. The minimum atomic E-state index is -4.36. The first kappa shape index (κ1) is 16.1. The summed E-state index contributed by atoms with van der Waals surface area (Å²) in [5.41, 5.74) is 1.22. The number of halogens is 3. The fourth-order valence-electron chi connectivity index (χ4n) is 2.50. The van der Waals surface area contributed by atoms with Crippen LogP contribution in [0.5, 0.6) is 5.75 Å². The summed E-state index contributed by atoms with van der Waals surface area (Å²) in [7, 11) is 0. The molecule has 3 rings (SSSR count). The number of para-hydroxylation sites is 1. The monoisotopic (exact) mass is 332 g/mol. The first-order valence-electron chi connectivity index (χ1n) is 7.41. The molecule has 0 atom stereocenters. The number of H-pyrrole nitrogens is 1. The molecule has 6 heteroatoms. The summed E-state index contributed by atoms with van der Waals surface area (Å²) in [6, 6.07) is 12.9. The Hall–Kier alpha value is -2.76. The number of nitrogens with zero attached hydrogens (tertiary/aromatic N) is 1. The van der Waals surface area contributed by atoms with Gasteiger partial charge in [0.2, 0.25) is 0 Å². The van der Waals surface area contributed by atoms with Crippen LogP contribution >= 0.6 is 0 Å². The van der Waals surface area contributed by atoms with Gasteiger partial charge in [0.1, 0.15) is 5.75 Å². The van der Waals surface area contributed by atoms with Gasteiger partial charge in [-0.25, -0.2) is 4.98 Å². The molecule has 2 aromatic carbocycles. The fraction of sp³-hybridized carbons (Fsp3) is 0.167. The predicted octanol–water partition coefficient (Wildman–Crippen LogP) is 4.72. The molecule has 0 amide bonds. The largest absolute Gasteiger partial charge is 0.493 e. The fourth-order valence-corrected chi connectivity index (χ4v) is 2.50. The Morgan fingerprint density at radius 3 is 2.50 bits per heavy atom. The van der Waals surface area contributed by atoms with Crippen molar-refractivity contribution in [2.24, 2.45) is 0 Å². The summed E-state index contributed by atoms with van der Waals surface area (Å²) in [5, 5.41) is 0. The first-order chi connectivity index (χ1) is 11.6. The van der Waals surface area contributed by atoms with Crippen LogP contribution in [0.2, 0.25) is 0 Å². The maximum atomic E-state index is 13.0. The van der Waals surface area contributed by atoms with Crippen molar-refractivity contribution in [2.75, 3.05) is 6.61 Å². The van der Waals surface area contributed by atoms with Gasteiger partial charge >= 0.3 is 6.18 Å². The smallest absolute Gasteiger partial charge is 0.416 e. The van der Waals surface area contributed by atoms with E-state index in [0.717, 1.165) is 17.3 Å². The number of nitrogens with one attached hydrogen (secondary N) is 1. The van der Waals surface area contributed by atoms with E-state index < -0.39 is 11.7 Å². The van der Waals surface area contributed by atoms with Gasteiger partial charge in [-0.1, -0.05) is 30.3 Å². The highest BCUT2D eigenvalue weighted by Crippen LogP contribution is 2.32. The standard InChI is InChI=1S/C18H15F3N2O/c19-18(20,21)15-7-3-1-5-13(15)9-10-24-17-8-4-2-6-14(17)16-11-22-12-23-16/h1-8,11-12H,9-10H2,(H,22,23). The van der Waals surface area contributed by atoms with Crippen molar-refractivity contribution < 1.29 is 17.9 Å². The zero-order valence-electron chi connectivity index (χ0n) is 12.7. The molecule has 1 heterocycles. The van der Waals surface area contributed by atoms with Crippen LogP contribution in [0.15, 0.2) is 61.1 Å². The normalized spacial score (nSPS) is 11.5. The number of alkyl halides is 3. The molecule has 0 aliphatic rings. The number of benzene rings is 2. The minimum absolute atomic E-state index is 0.151. The average Bonchev–Trinajstić information content (AvgIpc) is 3.09. The average molecular weight is 332 g/mol. The summed E-state index contributed by atoms with van der Waals surface area (Å²) in [4.78, 5) is 6.96. The van der Waals surface area contributed by atoms with Gasteiger partial charge in [-0.2, -0.15) is 13.2 Å². The molecule has 3 nitrogen and oxygen atoms in total. The van der Waals surface area contributed by atoms with Crippen LogP contribution in [0.1, 0.15) is 11.1 Å². The third-order valence-electron chi connectivity index (χ3n) is 3.63. The maximum absolute atomic E-state index is 13.0. The Labute approximate surface area is 137 Å². The van der Waals surface area contributed by atoms with E-state index in [-0.39, 0.29) is 18.6 Å². The third-order valence-corrected chi connectivity index (χ3v) is 3.63. The molecule has 0 fully saturated rings. The Kier molecular flexibility index (Phi) is 4.55. The van der Waals surface area contributed by atoms with Gasteiger partial charge in [-0.15, -0.1) is 0 Å². The zero-order valence-corrected chi connectivity index (χ0v) is 12.7. The molecule has 0 unspecified atom stereocenters. The lowest BCUT2D eigenvalue weighted by Gasteiger charge is -2.14. The van der Waals surface area contributed by atoms with Crippen LogP contribution < -0.4 is 4.74 Å². The topological polar surface area (TPSA) is 37.9 Å². The predicted molar refractivity (Wildman–Crippen MR) is 84.7 cm³/mol. The lowest BCUT2D eigenvalue weighted by Crippen LogP contribution is -2.11. The third kappa shape index (κ3) is 3.59. The number of imidazole rings is 1. The number of ether oxygens (including phenoxy) is 1. The van der Waals surface area contributed by atoms with E-state index in [1.54, 1.807) is 24.7 Å². The SMILES string of the molecule is FC(F)(F)c1ccccc1CCOc1ccccc1-c1cnc[nH]1. The van der Waals surface area contributed by atoms with Crippen LogP contribution in [-0.4, -0.2) is 16.6 Å². The number of rotatable bonds is 5. The van der Waals surface area contributed by atoms with E-state index >= 15 is 0 Å². The molecule has 124 valence electrons. The molecule has 0 bridgehead atoms. The second-order valence-electron chi connectivity index (χ2n) is 5.21. The van der Waals surface area contributed by atoms with E-state index in [2.05, 4.69) is 9.97 Å². The minimum Gasteiger partial charge on any atom is -0.493 e. The Morgan fingerprint density at radius 1 is 1.00 bits per heavy atom. The quantitative estimate of drug-likeness (QED) is 0.734. The van der Waals surface area contributed by atoms with Crippen molar-refractivity contribution in [1.82, 2.24) is 9.97 Å². The van der Waals surface area contributed by atoms with Crippen LogP contribution in [0.3, 0.4) is 0 Å². The first-order valence-corrected chi connectivity index (χ1v) is 7.41. The second kappa shape index (κ2) is 6.78. The number of aromatic amines is 1. The molecule has 0 saturated heterocycles. The summed E-state index contributed by atoms with van der Waals surface area (Å²) in [5.74, 6) is 0.603. The molecule has 0 spiro atoms. The molecule has 1 N–H and O–H groups in total. The van der Waals surface area contributed by atoms with Crippen molar-refractivity contribution in [3.8, 4) is 17.0 Å². The second-order valence-corrected chi connectivity index (χ2v) is 5.21. The van der Waals surface area contributed by atoms with Gasteiger partial charge in [0.05, 0.1) is 30.4 Å². The van der Waals surface area contributed by atoms with Crippen molar-refractivity contribution >= 4 is 0 Å². The van der Waals surface area contributed by atoms with Crippen LogP contribution in [0.25, 0.3) is 11.3 Å². The van der Waals surface area contributed by atoms with Crippen LogP contribution in [0.4, 0.5) is 13.2 Å². The number of hydrogen-bond acceptors (Lipinski definition) is 2. The summed E-state index contributed by atoms with van der Waals surface area (Å²) in [6.45, 7) is 0.151. The number of hydrogen-bond donors (Lipinski definition) is 1.